The van der Waals surface area contributed by atoms with Gasteiger partial charge in [-0.05, 0) is 24.3 Å². The minimum atomic E-state index is -0.262. The van der Waals surface area contributed by atoms with Crippen LogP contribution in [-0.4, -0.2) is 43.1 Å². The van der Waals surface area contributed by atoms with Crippen LogP contribution < -0.4 is 16.2 Å². The first kappa shape index (κ1) is 18.4. The highest BCUT2D eigenvalue weighted by Crippen LogP contribution is 2.08. The van der Waals surface area contributed by atoms with Crippen LogP contribution in [0.4, 0.5) is 5.82 Å². The van der Waals surface area contributed by atoms with Crippen LogP contribution in [0.5, 0.6) is 0 Å². The van der Waals surface area contributed by atoms with Gasteiger partial charge in [-0.25, -0.2) is 15.0 Å². The maximum absolute atomic E-state index is 12.4. The lowest BCUT2D eigenvalue weighted by molar-refractivity contribution is -0.121. The van der Waals surface area contributed by atoms with Crippen molar-refractivity contribution in [2.24, 2.45) is 0 Å². The summed E-state index contributed by atoms with van der Waals surface area (Å²) >= 11 is 0. The summed E-state index contributed by atoms with van der Waals surface area (Å²) < 4.78 is 3.18. The van der Waals surface area contributed by atoms with Gasteiger partial charge in [0.2, 0.25) is 5.91 Å². The number of carbonyl (C=O) groups is 1. The molecular weight excluding hydrogens is 370 g/mol. The minimum Gasteiger partial charge on any atom is -0.368 e. The fraction of sp³-hybridized carbons (Fsp3) is 0.150. The van der Waals surface area contributed by atoms with Gasteiger partial charge in [0.25, 0.3) is 5.56 Å². The van der Waals surface area contributed by atoms with E-state index >= 15 is 0 Å². The third kappa shape index (κ3) is 4.29. The minimum absolute atomic E-state index is 0.0814. The lowest BCUT2D eigenvalue weighted by atomic mass is 10.2. The van der Waals surface area contributed by atoms with Crippen molar-refractivity contribution in [3.63, 3.8) is 0 Å². The highest BCUT2D eigenvalue weighted by atomic mass is 16.2. The molecule has 9 heteroatoms. The second-order valence-electron chi connectivity index (χ2n) is 6.32. The molecule has 9 nitrogen and oxygen atoms in total. The number of rotatable bonds is 7. The van der Waals surface area contributed by atoms with Crippen LogP contribution in [0.15, 0.2) is 72.3 Å². The molecule has 4 rings (SSSR count). The molecule has 4 aromatic rings. The van der Waals surface area contributed by atoms with E-state index in [1.54, 1.807) is 18.2 Å². The predicted molar refractivity (Wildman–Crippen MR) is 109 cm³/mol. The molecule has 3 aromatic heterocycles. The largest absolute Gasteiger partial charge is 0.368 e. The van der Waals surface area contributed by atoms with E-state index in [4.69, 9.17) is 0 Å². The maximum atomic E-state index is 12.4. The van der Waals surface area contributed by atoms with E-state index in [0.29, 0.717) is 29.8 Å². The lowest BCUT2D eigenvalue weighted by Gasteiger charge is -2.10. The Kier molecular flexibility index (Phi) is 5.28. The second kappa shape index (κ2) is 8.34. The normalized spacial score (nSPS) is 10.8. The molecule has 2 N–H and O–H groups in total. The molecule has 0 atom stereocenters. The molecule has 0 fully saturated rings. The molecule has 0 bridgehead atoms. The summed E-state index contributed by atoms with van der Waals surface area (Å²) in [5.41, 5.74) is 0.380. The summed E-state index contributed by atoms with van der Waals surface area (Å²) in [6.45, 7) is 0.790. The topological polar surface area (TPSA) is 107 Å². The van der Waals surface area contributed by atoms with E-state index in [1.165, 1.54) is 17.2 Å². The number of aromatic nitrogens is 5. The Balaban J connectivity index is 1.29. The zero-order valence-corrected chi connectivity index (χ0v) is 15.5. The van der Waals surface area contributed by atoms with Gasteiger partial charge < -0.3 is 15.2 Å². The lowest BCUT2D eigenvalue weighted by Crippen LogP contribution is -2.35. The van der Waals surface area contributed by atoms with Gasteiger partial charge in [-0.15, -0.1) is 0 Å². The van der Waals surface area contributed by atoms with Crippen LogP contribution in [0, 0.1) is 0 Å². The first-order valence-electron chi connectivity index (χ1n) is 9.11. The van der Waals surface area contributed by atoms with Crippen molar-refractivity contribution in [1.29, 1.82) is 0 Å². The fourth-order valence-electron chi connectivity index (χ4n) is 2.89. The van der Waals surface area contributed by atoms with Crippen molar-refractivity contribution in [3.8, 4) is 5.82 Å². The number of para-hydroxylation sites is 1. The SMILES string of the molecule is O=C(Cn1cnc2ccccc2c1=O)NCCNc1cc(-n2cccc2)ncn1. The van der Waals surface area contributed by atoms with Crippen LogP contribution in [0.3, 0.4) is 0 Å². The van der Waals surface area contributed by atoms with Crippen molar-refractivity contribution in [3.05, 3.63) is 77.9 Å². The number of hydrogen-bond acceptors (Lipinski definition) is 6. The van der Waals surface area contributed by atoms with Crippen LogP contribution in [0.2, 0.25) is 0 Å². The van der Waals surface area contributed by atoms with Crippen molar-refractivity contribution in [1.82, 2.24) is 29.4 Å². The summed E-state index contributed by atoms with van der Waals surface area (Å²) in [5.74, 6) is 1.15. The molecule has 1 aromatic carbocycles. The van der Waals surface area contributed by atoms with Gasteiger partial charge in [-0.2, -0.15) is 0 Å². The zero-order chi connectivity index (χ0) is 20.1. The molecule has 0 saturated heterocycles. The van der Waals surface area contributed by atoms with Crippen LogP contribution in [0.1, 0.15) is 0 Å². The molecular formula is C20H19N7O2. The van der Waals surface area contributed by atoms with Gasteiger partial charge in [0.05, 0.1) is 17.2 Å². The van der Waals surface area contributed by atoms with E-state index in [-0.39, 0.29) is 18.0 Å². The van der Waals surface area contributed by atoms with Gasteiger partial charge >= 0.3 is 0 Å². The number of nitrogens with one attached hydrogen (secondary N) is 2. The van der Waals surface area contributed by atoms with Crippen LogP contribution in [0.25, 0.3) is 16.7 Å². The summed E-state index contributed by atoms with van der Waals surface area (Å²) in [5, 5.41) is 6.42. The smallest absolute Gasteiger partial charge is 0.261 e. The third-order valence-corrected chi connectivity index (χ3v) is 4.32. The van der Waals surface area contributed by atoms with Crippen LogP contribution >= 0.6 is 0 Å². The number of carbonyl (C=O) groups excluding carboxylic acids is 1. The molecule has 0 aliphatic heterocycles. The molecule has 146 valence electrons. The Morgan fingerprint density at radius 3 is 2.69 bits per heavy atom. The molecule has 0 aliphatic carbocycles. The second-order valence-corrected chi connectivity index (χ2v) is 6.32. The van der Waals surface area contributed by atoms with Gasteiger partial charge in [-0.3, -0.25) is 14.2 Å². The molecule has 0 unspecified atom stereocenters. The highest BCUT2D eigenvalue weighted by Gasteiger charge is 2.07. The number of nitrogens with zero attached hydrogens (tertiary/aromatic N) is 5. The Labute approximate surface area is 166 Å². The monoisotopic (exact) mass is 389 g/mol. The average Bonchev–Trinajstić information content (AvgIpc) is 3.29. The fourth-order valence-corrected chi connectivity index (χ4v) is 2.89. The molecule has 0 radical (unpaired) electrons. The number of benzene rings is 1. The number of amides is 1. The van der Waals surface area contributed by atoms with Crippen molar-refractivity contribution in [2.75, 3.05) is 18.4 Å². The first-order valence-corrected chi connectivity index (χ1v) is 9.11. The van der Waals surface area contributed by atoms with Crippen molar-refractivity contribution >= 4 is 22.6 Å². The van der Waals surface area contributed by atoms with E-state index in [2.05, 4.69) is 25.6 Å². The van der Waals surface area contributed by atoms with Gasteiger partial charge in [0.1, 0.15) is 24.5 Å². The van der Waals surface area contributed by atoms with Gasteiger partial charge in [0.15, 0.2) is 0 Å². The summed E-state index contributed by atoms with van der Waals surface area (Å²) in [6, 6.07) is 12.7. The Hall–Kier alpha value is -4.01. The zero-order valence-electron chi connectivity index (χ0n) is 15.5. The summed E-state index contributed by atoms with van der Waals surface area (Å²) in [7, 11) is 0. The Morgan fingerprint density at radius 1 is 1.00 bits per heavy atom. The molecule has 0 spiro atoms. The summed E-state index contributed by atoms with van der Waals surface area (Å²) in [4.78, 5) is 37.2. The van der Waals surface area contributed by atoms with Gasteiger partial charge in [-0.1, -0.05) is 12.1 Å². The van der Waals surface area contributed by atoms with E-state index in [0.717, 1.165) is 5.82 Å². The maximum Gasteiger partial charge on any atom is 0.261 e. The standard InChI is InChI=1S/C20H19N7O2/c28-19(12-27-14-25-16-6-2-1-5-15(16)20(27)29)22-8-7-21-17-11-18(24-13-23-17)26-9-3-4-10-26/h1-6,9-11,13-14H,7-8,12H2,(H,22,28)(H,21,23,24). The Bertz CT molecular complexity index is 1180. The van der Waals surface area contributed by atoms with Crippen molar-refractivity contribution in [2.45, 2.75) is 6.54 Å². The molecule has 3 heterocycles. The average molecular weight is 389 g/mol. The highest BCUT2D eigenvalue weighted by molar-refractivity contribution is 5.78. The number of anilines is 1. The summed E-state index contributed by atoms with van der Waals surface area (Å²) in [6.07, 6.45) is 6.67. The molecule has 0 saturated carbocycles. The molecule has 0 aliphatic rings. The predicted octanol–water partition coefficient (Wildman–Crippen LogP) is 1.21. The quantitative estimate of drug-likeness (QED) is 0.460. The van der Waals surface area contributed by atoms with Crippen molar-refractivity contribution < 1.29 is 4.79 Å². The number of hydrogen-bond donors (Lipinski definition) is 2. The van der Waals surface area contributed by atoms with Crippen LogP contribution in [-0.2, 0) is 11.3 Å². The Morgan fingerprint density at radius 2 is 1.83 bits per heavy atom. The molecule has 29 heavy (non-hydrogen) atoms. The van der Waals surface area contributed by atoms with E-state index in [9.17, 15) is 9.59 Å². The first-order chi connectivity index (χ1) is 14.2. The third-order valence-electron chi connectivity index (χ3n) is 4.32. The number of fused-ring (bicyclic) bond motifs is 1. The molecule has 1 amide bonds. The van der Waals surface area contributed by atoms with Gasteiger partial charge in [0, 0.05) is 31.5 Å². The van der Waals surface area contributed by atoms with E-state index in [1.807, 2.05) is 41.2 Å². The van der Waals surface area contributed by atoms with E-state index < -0.39 is 0 Å².